The third-order valence-corrected chi connectivity index (χ3v) is 3.31. The second-order valence-electron chi connectivity index (χ2n) is 5.17. The molecular formula is C17H14F4O. The Kier molecular flexibility index (Phi) is 4.64. The molecule has 0 atom stereocenters. The first-order chi connectivity index (χ1) is 10.3. The van der Waals surface area contributed by atoms with Crippen LogP contribution in [0.25, 0.3) is 0 Å². The average molecular weight is 310 g/mol. The molecule has 0 saturated heterocycles. The smallest absolute Gasteiger partial charge is 0.299 e. The summed E-state index contributed by atoms with van der Waals surface area (Å²) in [5.74, 6) is -0.468. The van der Waals surface area contributed by atoms with E-state index in [0.717, 1.165) is 12.1 Å². The van der Waals surface area contributed by atoms with Gasteiger partial charge in [0.2, 0.25) is 0 Å². The Balaban J connectivity index is 2.01. The number of hydrogen-bond donors (Lipinski definition) is 0. The van der Waals surface area contributed by atoms with Gasteiger partial charge >= 0.3 is 6.18 Å². The predicted octanol–water partition coefficient (Wildman–Crippen LogP) is 4.51. The summed E-state index contributed by atoms with van der Waals surface area (Å²) in [4.78, 5) is 11.9. The molecule has 5 heteroatoms. The summed E-state index contributed by atoms with van der Waals surface area (Å²) >= 11 is 0. The minimum Gasteiger partial charge on any atom is -0.299 e. The zero-order chi connectivity index (χ0) is 16.3. The molecule has 0 aliphatic heterocycles. The maximum Gasteiger partial charge on any atom is 0.416 e. The van der Waals surface area contributed by atoms with Gasteiger partial charge in [-0.15, -0.1) is 0 Å². The maximum atomic E-state index is 13.1. The zero-order valence-electron chi connectivity index (χ0n) is 11.9. The van der Waals surface area contributed by atoms with E-state index in [0.29, 0.717) is 16.7 Å². The molecule has 0 N–H and O–H groups in total. The van der Waals surface area contributed by atoms with Gasteiger partial charge < -0.3 is 0 Å². The standard InChI is InChI=1S/C17H14F4O/c1-11-8-13(4-7-16(11)18)10-15(22)9-12-2-5-14(6-3-12)17(19,20)21/h2-8H,9-10H2,1H3. The summed E-state index contributed by atoms with van der Waals surface area (Å²) in [7, 11) is 0. The Hall–Kier alpha value is -2.17. The van der Waals surface area contributed by atoms with Gasteiger partial charge in [-0.25, -0.2) is 4.39 Å². The highest BCUT2D eigenvalue weighted by molar-refractivity contribution is 5.83. The monoisotopic (exact) mass is 310 g/mol. The van der Waals surface area contributed by atoms with E-state index in [9.17, 15) is 22.4 Å². The number of alkyl halides is 3. The molecule has 22 heavy (non-hydrogen) atoms. The van der Waals surface area contributed by atoms with Gasteiger partial charge in [-0.1, -0.05) is 24.3 Å². The van der Waals surface area contributed by atoms with Crippen molar-refractivity contribution in [2.24, 2.45) is 0 Å². The first kappa shape index (κ1) is 16.2. The van der Waals surface area contributed by atoms with E-state index in [1.807, 2.05) is 0 Å². The van der Waals surface area contributed by atoms with Gasteiger partial charge in [-0.2, -0.15) is 13.2 Å². The third-order valence-electron chi connectivity index (χ3n) is 3.31. The van der Waals surface area contributed by atoms with Crippen molar-refractivity contribution in [3.63, 3.8) is 0 Å². The largest absolute Gasteiger partial charge is 0.416 e. The lowest BCUT2D eigenvalue weighted by molar-refractivity contribution is -0.137. The summed E-state index contributed by atoms with van der Waals surface area (Å²) in [5.41, 5.74) is 0.935. The molecule has 0 aliphatic rings. The van der Waals surface area contributed by atoms with Crippen LogP contribution in [0.1, 0.15) is 22.3 Å². The molecule has 0 aromatic heterocycles. The van der Waals surface area contributed by atoms with Crippen molar-refractivity contribution in [3.8, 4) is 0 Å². The van der Waals surface area contributed by atoms with Crippen LogP contribution < -0.4 is 0 Å². The fourth-order valence-electron chi connectivity index (χ4n) is 2.15. The molecule has 0 amide bonds. The van der Waals surface area contributed by atoms with Crippen molar-refractivity contribution in [2.45, 2.75) is 25.9 Å². The molecule has 0 unspecified atom stereocenters. The van der Waals surface area contributed by atoms with Crippen molar-refractivity contribution >= 4 is 5.78 Å². The fraction of sp³-hybridized carbons (Fsp3) is 0.235. The third kappa shape index (κ3) is 4.16. The second kappa shape index (κ2) is 6.30. The Labute approximate surface area is 125 Å². The molecule has 1 nitrogen and oxygen atoms in total. The summed E-state index contributed by atoms with van der Waals surface area (Å²) in [6.45, 7) is 1.61. The maximum absolute atomic E-state index is 13.1. The van der Waals surface area contributed by atoms with Gasteiger partial charge in [0.1, 0.15) is 11.6 Å². The van der Waals surface area contributed by atoms with Crippen molar-refractivity contribution < 1.29 is 22.4 Å². The van der Waals surface area contributed by atoms with Crippen molar-refractivity contribution in [1.29, 1.82) is 0 Å². The number of aryl methyl sites for hydroxylation is 1. The van der Waals surface area contributed by atoms with E-state index in [2.05, 4.69) is 0 Å². The molecule has 0 aliphatic carbocycles. The van der Waals surface area contributed by atoms with Crippen LogP contribution in [0.15, 0.2) is 42.5 Å². The Morgan fingerprint density at radius 2 is 1.50 bits per heavy atom. The van der Waals surface area contributed by atoms with Crippen molar-refractivity contribution in [3.05, 3.63) is 70.5 Å². The summed E-state index contributed by atoms with van der Waals surface area (Å²) in [6.07, 6.45) is -4.20. The number of benzene rings is 2. The molecule has 0 bridgehead atoms. The predicted molar refractivity (Wildman–Crippen MR) is 75.0 cm³/mol. The molecule has 0 radical (unpaired) electrons. The summed E-state index contributed by atoms with van der Waals surface area (Å²) in [6, 6.07) is 8.96. The molecular weight excluding hydrogens is 296 g/mol. The minimum atomic E-state index is -4.38. The highest BCUT2D eigenvalue weighted by atomic mass is 19.4. The second-order valence-corrected chi connectivity index (χ2v) is 5.17. The lowest BCUT2D eigenvalue weighted by Gasteiger charge is -2.07. The number of ketones is 1. The number of rotatable bonds is 4. The highest BCUT2D eigenvalue weighted by Gasteiger charge is 2.29. The van der Waals surface area contributed by atoms with Crippen LogP contribution in [0.2, 0.25) is 0 Å². The zero-order valence-corrected chi connectivity index (χ0v) is 11.9. The number of halogens is 4. The number of hydrogen-bond acceptors (Lipinski definition) is 1. The highest BCUT2D eigenvalue weighted by Crippen LogP contribution is 2.29. The normalized spacial score (nSPS) is 11.5. The van der Waals surface area contributed by atoms with Crippen molar-refractivity contribution in [2.75, 3.05) is 0 Å². The van der Waals surface area contributed by atoms with Crippen LogP contribution in [0.4, 0.5) is 17.6 Å². The fourth-order valence-corrected chi connectivity index (χ4v) is 2.15. The van der Waals surface area contributed by atoms with E-state index < -0.39 is 11.7 Å². The van der Waals surface area contributed by atoms with Crippen molar-refractivity contribution in [1.82, 2.24) is 0 Å². The molecule has 0 spiro atoms. The van der Waals surface area contributed by atoms with Gasteiger partial charge in [0.15, 0.2) is 0 Å². The molecule has 0 fully saturated rings. The van der Waals surface area contributed by atoms with Crippen LogP contribution in [-0.2, 0) is 23.8 Å². The molecule has 116 valence electrons. The first-order valence-corrected chi connectivity index (χ1v) is 6.68. The molecule has 0 saturated carbocycles. The summed E-state index contributed by atoms with van der Waals surface area (Å²) < 4.78 is 50.5. The Bertz CT molecular complexity index is 672. The quantitative estimate of drug-likeness (QED) is 0.760. The lowest BCUT2D eigenvalue weighted by Crippen LogP contribution is -2.08. The van der Waals surface area contributed by atoms with Crippen LogP contribution in [0.5, 0.6) is 0 Å². The first-order valence-electron chi connectivity index (χ1n) is 6.68. The van der Waals surface area contributed by atoms with Crippen LogP contribution >= 0.6 is 0 Å². The van der Waals surface area contributed by atoms with Crippen LogP contribution in [0.3, 0.4) is 0 Å². The number of carbonyl (C=O) groups excluding carboxylic acids is 1. The van der Waals surface area contributed by atoms with Crippen LogP contribution in [-0.4, -0.2) is 5.78 Å². The van der Waals surface area contributed by atoms with E-state index in [1.165, 1.54) is 24.3 Å². The van der Waals surface area contributed by atoms with E-state index in [1.54, 1.807) is 13.0 Å². The SMILES string of the molecule is Cc1cc(CC(=O)Cc2ccc(C(F)(F)F)cc2)ccc1F. The summed E-state index contributed by atoms with van der Waals surface area (Å²) in [5, 5.41) is 0. The van der Waals surface area contributed by atoms with Gasteiger partial charge in [-0.3, -0.25) is 4.79 Å². The van der Waals surface area contributed by atoms with Gasteiger partial charge in [0, 0.05) is 12.8 Å². The Morgan fingerprint density at radius 1 is 0.955 bits per heavy atom. The molecule has 0 heterocycles. The van der Waals surface area contributed by atoms with E-state index in [4.69, 9.17) is 0 Å². The Morgan fingerprint density at radius 3 is 2.05 bits per heavy atom. The topological polar surface area (TPSA) is 17.1 Å². The number of Topliss-reactive ketones (excluding diaryl/α,β-unsaturated/α-hetero) is 1. The number of carbonyl (C=O) groups is 1. The lowest BCUT2D eigenvalue weighted by atomic mass is 10.0. The molecule has 2 rings (SSSR count). The van der Waals surface area contributed by atoms with E-state index in [-0.39, 0.29) is 24.4 Å². The van der Waals surface area contributed by atoms with Gasteiger partial charge in [0.25, 0.3) is 0 Å². The van der Waals surface area contributed by atoms with Crippen LogP contribution in [0, 0.1) is 12.7 Å². The minimum absolute atomic E-state index is 0.0502. The van der Waals surface area contributed by atoms with Gasteiger partial charge in [0.05, 0.1) is 5.56 Å². The molecule has 2 aromatic rings. The average Bonchev–Trinajstić information content (AvgIpc) is 2.42. The van der Waals surface area contributed by atoms with E-state index >= 15 is 0 Å². The molecule has 2 aromatic carbocycles. The van der Waals surface area contributed by atoms with Gasteiger partial charge in [-0.05, 0) is 41.8 Å².